The van der Waals surface area contributed by atoms with Crippen LogP contribution in [-0.2, 0) is 0 Å². The summed E-state index contributed by atoms with van der Waals surface area (Å²) in [7, 11) is -1.54. The van der Waals surface area contributed by atoms with Crippen LogP contribution in [0.15, 0.2) is 94.8 Å². The molecular weight excluding hydrogens is 262 g/mol. The van der Waals surface area contributed by atoms with Gasteiger partial charge in [0.2, 0.25) is 0 Å². The molecule has 0 bridgehead atoms. The van der Waals surface area contributed by atoms with Crippen LogP contribution in [0.3, 0.4) is 0 Å². The predicted molar refractivity (Wildman–Crippen MR) is 87.9 cm³/mol. The zero-order valence-corrected chi connectivity index (χ0v) is 12.2. The number of allylic oxidation sites excluding steroid dienone is 3. The molecule has 1 aliphatic carbocycles. The zero-order valence-electron chi connectivity index (χ0n) is 11.4. The van der Waals surface area contributed by atoms with Crippen molar-refractivity contribution < 1.29 is 0 Å². The van der Waals surface area contributed by atoms with Crippen LogP contribution < -0.4 is 5.14 Å². The van der Waals surface area contributed by atoms with E-state index in [9.17, 15) is 0 Å². The van der Waals surface area contributed by atoms with Gasteiger partial charge in [-0.2, -0.15) is 0 Å². The van der Waals surface area contributed by atoms with Gasteiger partial charge in [-0.3, -0.25) is 5.14 Å². The smallest absolute Gasteiger partial charge is 0.0302 e. The van der Waals surface area contributed by atoms with Crippen molar-refractivity contribution in [1.82, 2.24) is 0 Å². The van der Waals surface area contributed by atoms with Gasteiger partial charge in [-0.05, 0) is 30.7 Å². The average molecular weight is 281 g/mol. The van der Waals surface area contributed by atoms with Crippen molar-refractivity contribution in [1.29, 1.82) is 0 Å². The lowest BCUT2D eigenvalue weighted by Crippen LogP contribution is -2.25. The van der Waals surface area contributed by atoms with Gasteiger partial charge in [-0.25, -0.2) is 0 Å². The van der Waals surface area contributed by atoms with Crippen LogP contribution in [0.4, 0.5) is 0 Å². The first kappa shape index (κ1) is 13.2. The molecule has 3 rings (SSSR count). The minimum Gasteiger partial charge on any atom is -0.287 e. The Morgan fingerprint density at radius 1 is 0.800 bits per heavy atom. The van der Waals surface area contributed by atoms with Crippen LogP contribution in [0.1, 0.15) is 6.42 Å². The zero-order chi connectivity index (χ0) is 13.8. The molecule has 1 nitrogen and oxygen atoms in total. The monoisotopic (exact) mass is 281 g/mol. The third-order valence-corrected chi connectivity index (χ3v) is 7.09. The second-order valence-corrected chi connectivity index (χ2v) is 7.89. The molecule has 20 heavy (non-hydrogen) atoms. The highest BCUT2D eigenvalue weighted by atomic mass is 32.3. The Bertz CT molecular complexity index is 577. The topological polar surface area (TPSA) is 26.0 Å². The predicted octanol–water partition coefficient (Wildman–Crippen LogP) is 4.67. The fourth-order valence-corrected chi connectivity index (χ4v) is 5.55. The first-order chi connectivity index (χ1) is 9.82. The normalized spacial score (nSPS) is 18.9. The van der Waals surface area contributed by atoms with Gasteiger partial charge < -0.3 is 0 Å². The molecule has 0 amide bonds. The lowest BCUT2D eigenvalue weighted by Gasteiger charge is -2.42. The molecule has 0 fully saturated rings. The van der Waals surface area contributed by atoms with Gasteiger partial charge in [0.25, 0.3) is 0 Å². The van der Waals surface area contributed by atoms with Gasteiger partial charge in [0.1, 0.15) is 0 Å². The SMILES string of the molecule is NS(c1ccccc1)(c1ccccc1)C1C=CC=CC1. The van der Waals surface area contributed by atoms with E-state index in [1.807, 2.05) is 12.1 Å². The second kappa shape index (κ2) is 5.70. The summed E-state index contributed by atoms with van der Waals surface area (Å²) < 4.78 is 0. The van der Waals surface area contributed by atoms with Crippen molar-refractivity contribution in [3.05, 3.63) is 85.0 Å². The molecule has 2 aromatic carbocycles. The summed E-state index contributed by atoms with van der Waals surface area (Å²) in [6, 6.07) is 21.1. The number of benzene rings is 2. The maximum atomic E-state index is 7.01. The minimum atomic E-state index is -1.54. The largest absolute Gasteiger partial charge is 0.287 e. The van der Waals surface area contributed by atoms with Crippen LogP contribution in [0.25, 0.3) is 0 Å². The van der Waals surface area contributed by atoms with Crippen molar-refractivity contribution in [3.63, 3.8) is 0 Å². The lowest BCUT2D eigenvalue weighted by atomic mass is 10.2. The van der Waals surface area contributed by atoms with E-state index >= 15 is 0 Å². The summed E-state index contributed by atoms with van der Waals surface area (Å²) >= 11 is 0. The molecule has 0 heterocycles. The molecule has 0 aliphatic heterocycles. The molecular formula is C18H19NS. The van der Waals surface area contributed by atoms with E-state index in [1.165, 1.54) is 9.79 Å². The standard InChI is InChI=1S/C18H19NS/c19-20(16-10-4-1-5-11-16,17-12-6-2-7-13-17)18-14-8-3-9-15-18/h1-14,18H,15,19H2. The fourth-order valence-electron chi connectivity index (χ4n) is 2.61. The Morgan fingerprint density at radius 2 is 1.35 bits per heavy atom. The molecule has 2 heteroatoms. The molecule has 1 atom stereocenters. The Hall–Kier alpha value is -1.77. The van der Waals surface area contributed by atoms with Crippen LogP contribution in [0.5, 0.6) is 0 Å². The summed E-state index contributed by atoms with van der Waals surface area (Å²) in [5.74, 6) is 0. The first-order valence-electron chi connectivity index (χ1n) is 6.85. The minimum absolute atomic E-state index is 0.359. The molecule has 2 aromatic rings. The number of hydrogen-bond donors (Lipinski definition) is 1. The molecule has 0 radical (unpaired) electrons. The van der Waals surface area contributed by atoms with Crippen molar-refractivity contribution in [2.75, 3.05) is 0 Å². The molecule has 1 aliphatic rings. The number of hydrogen-bond acceptors (Lipinski definition) is 1. The lowest BCUT2D eigenvalue weighted by molar-refractivity contribution is 1.02. The van der Waals surface area contributed by atoms with Crippen molar-refractivity contribution in [2.24, 2.45) is 5.14 Å². The van der Waals surface area contributed by atoms with Crippen molar-refractivity contribution in [2.45, 2.75) is 21.5 Å². The molecule has 0 spiro atoms. The maximum Gasteiger partial charge on any atom is 0.0302 e. The Kier molecular flexibility index (Phi) is 3.77. The van der Waals surface area contributed by atoms with E-state index in [0.29, 0.717) is 5.25 Å². The van der Waals surface area contributed by atoms with Gasteiger partial charge in [-0.1, -0.05) is 60.7 Å². The third kappa shape index (κ3) is 2.33. The highest BCUT2D eigenvalue weighted by molar-refractivity contribution is 8.32. The van der Waals surface area contributed by atoms with E-state index < -0.39 is 10.2 Å². The van der Waals surface area contributed by atoms with E-state index in [2.05, 4.69) is 72.8 Å². The molecule has 1 unspecified atom stereocenters. The van der Waals surface area contributed by atoms with Crippen LogP contribution in [0.2, 0.25) is 0 Å². The van der Waals surface area contributed by atoms with Crippen molar-refractivity contribution in [3.8, 4) is 0 Å². The number of nitrogens with two attached hydrogens (primary N) is 1. The summed E-state index contributed by atoms with van der Waals surface area (Å²) in [5, 5.41) is 7.37. The number of rotatable bonds is 3. The van der Waals surface area contributed by atoms with Crippen LogP contribution in [-0.4, -0.2) is 5.25 Å². The Balaban J connectivity index is 2.13. The average Bonchev–Trinajstić information content (AvgIpc) is 2.56. The third-order valence-electron chi connectivity index (χ3n) is 3.69. The van der Waals surface area contributed by atoms with Gasteiger partial charge in [0.05, 0.1) is 0 Å². The van der Waals surface area contributed by atoms with Gasteiger partial charge in [0, 0.05) is 15.0 Å². The summed E-state index contributed by atoms with van der Waals surface area (Å²) in [6.45, 7) is 0. The van der Waals surface area contributed by atoms with E-state index in [1.54, 1.807) is 0 Å². The molecule has 102 valence electrons. The summed E-state index contributed by atoms with van der Waals surface area (Å²) in [6.07, 6.45) is 9.70. The molecule has 0 saturated heterocycles. The summed E-state index contributed by atoms with van der Waals surface area (Å²) in [4.78, 5) is 2.49. The second-order valence-electron chi connectivity index (χ2n) is 4.92. The van der Waals surface area contributed by atoms with Gasteiger partial charge >= 0.3 is 0 Å². The van der Waals surface area contributed by atoms with Crippen LogP contribution >= 0.6 is 10.2 Å². The Morgan fingerprint density at radius 3 is 1.80 bits per heavy atom. The van der Waals surface area contributed by atoms with Crippen LogP contribution in [0, 0.1) is 0 Å². The molecule has 2 N–H and O–H groups in total. The summed E-state index contributed by atoms with van der Waals surface area (Å²) in [5.41, 5.74) is 0. The highest BCUT2D eigenvalue weighted by Gasteiger charge is 2.31. The van der Waals surface area contributed by atoms with Gasteiger partial charge in [-0.15, -0.1) is 10.2 Å². The highest BCUT2D eigenvalue weighted by Crippen LogP contribution is 2.61. The Labute approximate surface area is 122 Å². The van der Waals surface area contributed by atoms with E-state index in [0.717, 1.165) is 6.42 Å². The quantitative estimate of drug-likeness (QED) is 0.869. The van der Waals surface area contributed by atoms with Crippen molar-refractivity contribution >= 4 is 10.2 Å². The van der Waals surface area contributed by atoms with Gasteiger partial charge in [0.15, 0.2) is 0 Å². The fraction of sp³-hybridized carbons (Fsp3) is 0.111. The molecule has 0 aromatic heterocycles. The first-order valence-corrected chi connectivity index (χ1v) is 8.61. The van der Waals surface area contributed by atoms with E-state index in [4.69, 9.17) is 5.14 Å². The van der Waals surface area contributed by atoms with E-state index in [-0.39, 0.29) is 0 Å². The molecule has 0 saturated carbocycles. The maximum absolute atomic E-state index is 7.01.